The molecule has 2 aromatic rings. The summed E-state index contributed by atoms with van der Waals surface area (Å²) in [5.74, 6) is 1.94. The highest BCUT2D eigenvalue weighted by Gasteiger charge is 2.14. The molecule has 1 unspecified atom stereocenters. The van der Waals surface area contributed by atoms with Crippen LogP contribution in [0.15, 0.2) is 40.8 Å². The monoisotopic (exact) mass is 263 g/mol. The number of hydrogen-bond acceptors (Lipinski definition) is 2. The molecule has 1 heterocycles. The Labute approximate surface area is 113 Å². The van der Waals surface area contributed by atoms with E-state index >= 15 is 0 Å². The molecule has 0 radical (unpaired) electrons. The summed E-state index contributed by atoms with van der Waals surface area (Å²) < 4.78 is 5.71. The molecular weight excluding hydrogens is 246 g/mol. The van der Waals surface area contributed by atoms with E-state index in [1.54, 1.807) is 0 Å². The van der Waals surface area contributed by atoms with Gasteiger partial charge in [0, 0.05) is 5.02 Å². The first-order chi connectivity index (χ1) is 8.69. The Balaban J connectivity index is 2.13. The van der Waals surface area contributed by atoms with E-state index in [-0.39, 0.29) is 6.04 Å². The van der Waals surface area contributed by atoms with E-state index < -0.39 is 0 Å². The van der Waals surface area contributed by atoms with E-state index in [0.717, 1.165) is 29.5 Å². The van der Waals surface area contributed by atoms with E-state index in [9.17, 15) is 0 Å². The maximum absolute atomic E-state index is 5.90. The number of benzene rings is 1. The van der Waals surface area contributed by atoms with Gasteiger partial charge in [-0.1, -0.05) is 30.7 Å². The molecule has 3 heteroatoms. The van der Waals surface area contributed by atoms with Crippen molar-refractivity contribution in [1.29, 1.82) is 0 Å². The quantitative estimate of drug-likeness (QED) is 0.877. The number of aryl methyl sites for hydroxylation is 1. The Morgan fingerprint density at radius 1 is 1.17 bits per heavy atom. The second-order valence-corrected chi connectivity index (χ2v) is 4.83. The molecule has 0 saturated carbocycles. The Morgan fingerprint density at radius 3 is 2.44 bits per heavy atom. The second-order valence-electron chi connectivity index (χ2n) is 4.39. The first-order valence-electron chi connectivity index (χ1n) is 6.23. The number of likely N-dealkylation sites (N-methyl/N-ethyl adjacent to an activating group) is 1. The first kappa shape index (κ1) is 13.2. The summed E-state index contributed by atoms with van der Waals surface area (Å²) >= 11 is 5.90. The van der Waals surface area contributed by atoms with E-state index in [0.29, 0.717) is 0 Å². The lowest BCUT2D eigenvalue weighted by atomic mass is 10.0. The minimum absolute atomic E-state index is 0.213. The summed E-state index contributed by atoms with van der Waals surface area (Å²) in [6.45, 7) is 4.98. The van der Waals surface area contributed by atoms with Gasteiger partial charge in [-0.2, -0.15) is 0 Å². The standard InChI is InChI=1S/C15H18ClNO/c1-3-17-14(15-9-4-11(2)18-15)10-12-5-7-13(16)8-6-12/h4-9,14,17H,3,10H2,1-2H3. The highest BCUT2D eigenvalue weighted by molar-refractivity contribution is 6.30. The molecule has 2 nitrogen and oxygen atoms in total. The molecule has 0 fully saturated rings. The van der Waals surface area contributed by atoms with Gasteiger partial charge in [-0.15, -0.1) is 0 Å². The van der Waals surface area contributed by atoms with Gasteiger partial charge in [0.05, 0.1) is 6.04 Å². The topological polar surface area (TPSA) is 25.2 Å². The van der Waals surface area contributed by atoms with Gasteiger partial charge >= 0.3 is 0 Å². The van der Waals surface area contributed by atoms with Crippen LogP contribution in [0.4, 0.5) is 0 Å². The van der Waals surface area contributed by atoms with Crippen molar-refractivity contribution in [2.45, 2.75) is 26.3 Å². The lowest BCUT2D eigenvalue weighted by Gasteiger charge is -2.15. The van der Waals surface area contributed by atoms with Crippen molar-refractivity contribution in [3.05, 3.63) is 58.5 Å². The molecule has 1 N–H and O–H groups in total. The highest BCUT2D eigenvalue weighted by Crippen LogP contribution is 2.21. The summed E-state index contributed by atoms with van der Waals surface area (Å²) in [6, 6.07) is 12.2. The van der Waals surface area contributed by atoms with Crippen LogP contribution in [0.3, 0.4) is 0 Å². The molecule has 1 atom stereocenters. The van der Waals surface area contributed by atoms with Gasteiger partial charge in [0.15, 0.2) is 0 Å². The smallest absolute Gasteiger partial charge is 0.121 e. The Bertz CT molecular complexity index is 489. The molecule has 2 rings (SSSR count). The molecule has 18 heavy (non-hydrogen) atoms. The van der Waals surface area contributed by atoms with Crippen LogP contribution in [0.1, 0.15) is 30.0 Å². The fourth-order valence-electron chi connectivity index (χ4n) is 2.02. The van der Waals surface area contributed by atoms with Crippen LogP contribution >= 0.6 is 11.6 Å². The van der Waals surface area contributed by atoms with Crippen LogP contribution in [0.25, 0.3) is 0 Å². The molecule has 0 aliphatic heterocycles. The number of hydrogen-bond donors (Lipinski definition) is 1. The minimum atomic E-state index is 0.213. The number of rotatable bonds is 5. The van der Waals surface area contributed by atoms with Crippen LogP contribution in [0.5, 0.6) is 0 Å². The van der Waals surface area contributed by atoms with E-state index in [2.05, 4.69) is 24.4 Å². The molecule has 1 aromatic heterocycles. The van der Waals surface area contributed by atoms with Crippen LogP contribution in [-0.2, 0) is 6.42 Å². The number of halogens is 1. The average molecular weight is 264 g/mol. The van der Waals surface area contributed by atoms with Crippen LogP contribution in [-0.4, -0.2) is 6.54 Å². The third-order valence-electron chi connectivity index (χ3n) is 2.91. The van der Waals surface area contributed by atoms with Gasteiger partial charge in [0.2, 0.25) is 0 Å². The van der Waals surface area contributed by atoms with Gasteiger partial charge < -0.3 is 9.73 Å². The lowest BCUT2D eigenvalue weighted by molar-refractivity contribution is 0.403. The summed E-state index contributed by atoms with van der Waals surface area (Å²) in [4.78, 5) is 0. The zero-order valence-corrected chi connectivity index (χ0v) is 11.5. The maximum atomic E-state index is 5.90. The molecule has 0 spiro atoms. The minimum Gasteiger partial charge on any atom is -0.465 e. The molecule has 1 aromatic carbocycles. The van der Waals surface area contributed by atoms with Gasteiger partial charge in [0.25, 0.3) is 0 Å². The highest BCUT2D eigenvalue weighted by atomic mass is 35.5. The van der Waals surface area contributed by atoms with Gasteiger partial charge in [-0.25, -0.2) is 0 Å². The number of nitrogens with one attached hydrogen (secondary N) is 1. The zero-order valence-electron chi connectivity index (χ0n) is 10.7. The average Bonchev–Trinajstić information content (AvgIpc) is 2.78. The van der Waals surface area contributed by atoms with Crippen molar-refractivity contribution in [2.24, 2.45) is 0 Å². The largest absolute Gasteiger partial charge is 0.465 e. The van der Waals surface area contributed by atoms with E-state index in [1.165, 1.54) is 5.56 Å². The van der Waals surface area contributed by atoms with Gasteiger partial charge in [-0.3, -0.25) is 0 Å². The molecule has 0 aliphatic rings. The van der Waals surface area contributed by atoms with Crippen LogP contribution < -0.4 is 5.32 Å². The lowest BCUT2D eigenvalue weighted by Crippen LogP contribution is -2.22. The van der Waals surface area contributed by atoms with Crippen molar-refractivity contribution in [2.75, 3.05) is 6.54 Å². The van der Waals surface area contributed by atoms with Crippen molar-refractivity contribution < 1.29 is 4.42 Å². The molecule has 0 saturated heterocycles. The molecule has 0 aliphatic carbocycles. The maximum Gasteiger partial charge on any atom is 0.121 e. The SMILES string of the molecule is CCNC(Cc1ccc(Cl)cc1)c1ccc(C)o1. The zero-order chi connectivity index (χ0) is 13.0. The fraction of sp³-hybridized carbons (Fsp3) is 0.333. The molecule has 0 bridgehead atoms. The third kappa shape index (κ3) is 3.37. The fourth-order valence-corrected chi connectivity index (χ4v) is 2.14. The van der Waals surface area contributed by atoms with E-state index in [4.69, 9.17) is 16.0 Å². The van der Waals surface area contributed by atoms with Gasteiger partial charge in [-0.05, 0) is 49.7 Å². The summed E-state index contributed by atoms with van der Waals surface area (Å²) in [7, 11) is 0. The number of furan rings is 1. The van der Waals surface area contributed by atoms with Crippen LogP contribution in [0.2, 0.25) is 5.02 Å². The van der Waals surface area contributed by atoms with Crippen LogP contribution in [0, 0.1) is 6.92 Å². The normalized spacial score (nSPS) is 12.6. The predicted molar refractivity (Wildman–Crippen MR) is 75.0 cm³/mol. The Hall–Kier alpha value is -1.25. The second kappa shape index (κ2) is 6.07. The molecule has 0 amide bonds. The molecule has 96 valence electrons. The molecular formula is C15H18ClNO. The Morgan fingerprint density at radius 2 is 1.89 bits per heavy atom. The Kier molecular flexibility index (Phi) is 4.45. The predicted octanol–water partition coefficient (Wildman–Crippen LogP) is 4.13. The van der Waals surface area contributed by atoms with Crippen molar-refractivity contribution >= 4 is 11.6 Å². The summed E-state index contributed by atoms with van der Waals surface area (Å²) in [6.07, 6.45) is 0.901. The van der Waals surface area contributed by atoms with Crippen molar-refractivity contribution in [3.63, 3.8) is 0 Å². The first-order valence-corrected chi connectivity index (χ1v) is 6.61. The van der Waals surface area contributed by atoms with Crippen molar-refractivity contribution in [1.82, 2.24) is 5.32 Å². The summed E-state index contributed by atoms with van der Waals surface area (Å²) in [5.41, 5.74) is 1.25. The van der Waals surface area contributed by atoms with E-state index in [1.807, 2.05) is 31.2 Å². The third-order valence-corrected chi connectivity index (χ3v) is 3.16. The van der Waals surface area contributed by atoms with Crippen molar-refractivity contribution in [3.8, 4) is 0 Å². The van der Waals surface area contributed by atoms with Gasteiger partial charge in [0.1, 0.15) is 11.5 Å². The summed E-state index contributed by atoms with van der Waals surface area (Å²) in [5, 5.41) is 4.22.